The largest absolute Gasteiger partial charge is 0.494 e. The number of alkyl halides is 5. The minimum absolute atomic E-state index is 0.0283. The Kier molecular flexibility index (Phi) is 9.63. The van der Waals surface area contributed by atoms with Crippen LogP contribution in [0.2, 0.25) is 0 Å². The molecule has 3 N–H and O–H groups in total. The molecule has 3 aromatic rings. The maximum atomic E-state index is 14.3. The summed E-state index contributed by atoms with van der Waals surface area (Å²) in [6.45, 7) is 1.91. The minimum atomic E-state index is -4.54. The van der Waals surface area contributed by atoms with Gasteiger partial charge in [0.1, 0.15) is 23.6 Å². The molecule has 1 saturated carbocycles. The van der Waals surface area contributed by atoms with E-state index in [4.69, 9.17) is 4.74 Å². The predicted octanol–water partition coefficient (Wildman–Crippen LogP) is 4.66. The number of hydrogen-bond donors (Lipinski definition) is 3. The molecule has 0 bridgehead atoms. The smallest absolute Gasteiger partial charge is 0.406 e. The lowest BCUT2D eigenvalue weighted by molar-refractivity contribution is -0.140. The van der Waals surface area contributed by atoms with Crippen molar-refractivity contribution in [2.24, 2.45) is 11.8 Å². The number of fused-ring (bicyclic) bond motifs is 1. The third-order valence-corrected chi connectivity index (χ3v) is 8.42. The Bertz CT molecular complexity index is 1730. The molecule has 2 heterocycles. The Hall–Kier alpha value is -4.45. The lowest BCUT2D eigenvalue weighted by Crippen LogP contribution is -2.50. The molecule has 2 aromatic carbocycles. The zero-order valence-electron chi connectivity index (χ0n) is 25.9. The number of piperidine rings is 1. The van der Waals surface area contributed by atoms with Gasteiger partial charge in [0, 0.05) is 56.7 Å². The number of ether oxygens (including phenoxy) is 1. The molecule has 1 aliphatic carbocycles. The molecular formula is C32H34F6N6O3. The van der Waals surface area contributed by atoms with Crippen molar-refractivity contribution in [1.29, 1.82) is 0 Å². The highest BCUT2D eigenvalue weighted by Gasteiger charge is 2.57. The van der Waals surface area contributed by atoms with E-state index in [0.29, 0.717) is 26.1 Å². The van der Waals surface area contributed by atoms with Crippen LogP contribution < -0.4 is 20.7 Å². The summed E-state index contributed by atoms with van der Waals surface area (Å²) in [5, 5.41) is 8.26. The van der Waals surface area contributed by atoms with Gasteiger partial charge in [0.25, 0.3) is 17.7 Å². The van der Waals surface area contributed by atoms with E-state index in [2.05, 4.69) is 32.8 Å². The van der Waals surface area contributed by atoms with Crippen LogP contribution in [0.1, 0.15) is 46.0 Å². The molecule has 2 amide bonds. The standard InChI is InChI=1S/C32H34F6N6O3/c1-18-14-43(15-20-13-31(20,34)35)8-6-24(18)42-30(46)22-9-19(10-26-28(22)41-17-44(26)16-32(36,37)38)5-4-7-40-25-11-21(29(45)39-2)23(33)12-27(25)47-3/h9-12,17-18,20,24,40H,6-8,13-16H2,1-3H3,(H,39,45)(H,42,46)/t18-,20?,24-/m0/s1. The molecule has 252 valence electrons. The van der Waals surface area contributed by atoms with E-state index in [1.165, 1.54) is 32.4 Å². The lowest BCUT2D eigenvalue weighted by atomic mass is 9.93. The maximum absolute atomic E-state index is 14.3. The van der Waals surface area contributed by atoms with Crippen LogP contribution in [0.25, 0.3) is 11.0 Å². The number of nitrogens with one attached hydrogen (secondary N) is 3. The quantitative estimate of drug-likeness (QED) is 0.227. The molecule has 3 atom stereocenters. The Morgan fingerprint density at radius 3 is 2.53 bits per heavy atom. The zero-order valence-corrected chi connectivity index (χ0v) is 25.9. The average Bonchev–Trinajstić information content (AvgIpc) is 3.42. The number of benzene rings is 2. The Balaban J connectivity index is 1.35. The first-order valence-corrected chi connectivity index (χ1v) is 15.0. The highest BCUT2D eigenvalue weighted by Crippen LogP contribution is 2.49. The number of aromatic nitrogens is 2. The Labute approximate surface area is 267 Å². The van der Waals surface area contributed by atoms with Gasteiger partial charge < -0.3 is 30.2 Å². The van der Waals surface area contributed by atoms with Crippen LogP contribution in [0.4, 0.5) is 32.0 Å². The fourth-order valence-corrected chi connectivity index (χ4v) is 5.82. The van der Waals surface area contributed by atoms with E-state index < -0.39 is 42.2 Å². The van der Waals surface area contributed by atoms with Gasteiger partial charge in [-0.2, -0.15) is 13.2 Å². The van der Waals surface area contributed by atoms with E-state index in [9.17, 15) is 35.9 Å². The van der Waals surface area contributed by atoms with E-state index in [1.54, 1.807) is 0 Å². The second kappa shape index (κ2) is 13.3. The SMILES string of the molecule is CNC(=O)c1cc(NCC#Cc2cc(C(=O)N[C@H]3CCN(CC4CC4(F)F)C[C@@H]3C)c3ncn(CC(F)(F)F)c3c2)c(OC)cc1F. The van der Waals surface area contributed by atoms with Crippen molar-refractivity contribution >= 4 is 28.5 Å². The van der Waals surface area contributed by atoms with Crippen molar-refractivity contribution in [3.05, 3.63) is 53.1 Å². The summed E-state index contributed by atoms with van der Waals surface area (Å²) in [6, 6.07) is 4.90. The van der Waals surface area contributed by atoms with E-state index in [1.807, 2.05) is 11.8 Å². The fraction of sp³-hybridized carbons (Fsp3) is 0.469. The highest BCUT2D eigenvalue weighted by molar-refractivity contribution is 6.05. The third-order valence-electron chi connectivity index (χ3n) is 8.42. The minimum Gasteiger partial charge on any atom is -0.494 e. The molecule has 1 aromatic heterocycles. The van der Waals surface area contributed by atoms with Crippen molar-refractivity contribution in [2.75, 3.05) is 45.7 Å². The van der Waals surface area contributed by atoms with Crippen LogP contribution in [0.5, 0.6) is 5.75 Å². The monoisotopic (exact) mass is 664 g/mol. The van der Waals surface area contributed by atoms with Crippen LogP contribution in [0.3, 0.4) is 0 Å². The second-order valence-electron chi connectivity index (χ2n) is 11.9. The number of carbonyl (C=O) groups is 2. The Morgan fingerprint density at radius 2 is 1.89 bits per heavy atom. The number of rotatable bonds is 9. The van der Waals surface area contributed by atoms with Crippen molar-refractivity contribution in [1.82, 2.24) is 25.1 Å². The van der Waals surface area contributed by atoms with Gasteiger partial charge >= 0.3 is 6.18 Å². The molecule has 1 unspecified atom stereocenters. The van der Waals surface area contributed by atoms with Crippen LogP contribution >= 0.6 is 0 Å². The first-order chi connectivity index (χ1) is 22.2. The van der Waals surface area contributed by atoms with Crippen molar-refractivity contribution in [3.63, 3.8) is 0 Å². The van der Waals surface area contributed by atoms with Gasteiger partial charge in [-0.05, 0) is 30.5 Å². The number of likely N-dealkylation sites (tertiary alicyclic amines) is 1. The summed E-state index contributed by atoms with van der Waals surface area (Å²) >= 11 is 0. The third kappa shape index (κ3) is 7.93. The van der Waals surface area contributed by atoms with Gasteiger partial charge in [-0.3, -0.25) is 9.59 Å². The number of hydrogen-bond acceptors (Lipinski definition) is 6. The molecule has 9 nitrogen and oxygen atoms in total. The molecule has 2 aliphatic rings. The molecule has 0 spiro atoms. The molecule has 1 aliphatic heterocycles. The summed E-state index contributed by atoms with van der Waals surface area (Å²) in [4.78, 5) is 31.7. The Morgan fingerprint density at radius 1 is 1.15 bits per heavy atom. The molecule has 5 rings (SSSR count). The van der Waals surface area contributed by atoms with Crippen LogP contribution in [0, 0.1) is 29.5 Å². The number of nitrogens with zero attached hydrogens (tertiary/aromatic N) is 3. The summed E-state index contributed by atoms with van der Waals surface area (Å²) in [7, 11) is 2.69. The van der Waals surface area contributed by atoms with Gasteiger partial charge in [0.2, 0.25) is 0 Å². The summed E-state index contributed by atoms with van der Waals surface area (Å²) in [5.74, 6) is 0.546. The van der Waals surface area contributed by atoms with E-state index in [0.717, 1.165) is 17.0 Å². The molecule has 15 heteroatoms. The van der Waals surface area contributed by atoms with Gasteiger partial charge in [-0.1, -0.05) is 18.8 Å². The van der Waals surface area contributed by atoms with E-state index in [-0.39, 0.29) is 64.1 Å². The first-order valence-electron chi connectivity index (χ1n) is 15.0. The summed E-state index contributed by atoms with van der Waals surface area (Å²) in [5.41, 5.74) is 0.506. The normalized spacial score (nSPS) is 20.7. The number of carbonyl (C=O) groups excluding carboxylic acids is 2. The fourth-order valence-electron chi connectivity index (χ4n) is 5.82. The molecule has 0 radical (unpaired) electrons. The number of anilines is 1. The molecule has 2 fully saturated rings. The summed E-state index contributed by atoms with van der Waals surface area (Å²) < 4.78 is 87.3. The molecule has 47 heavy (non-hydrogen) atoms. The summed E-state index contributed by atoms with van der Waals surface area (Å²) in [6.07, 6.45) is -3.11. The second-order valence-corrected chi connectivity index (χ2v) is 11.9. The van der Waals surface area contributed by atoms with Gasteiger partial charge in [0.15, 0.2) is 0 Å². The van der Waals surface area contributed by atoms with Crippen LogP contribution in [-0.2, 0) is 6.54 Å². The van der Waals surface area contributed by atoms with Crippen molar-refractivity contribution in [2.45, 2.75) is 44.5 Å². The number of amides is 2. The van der Waals surface area contributed by atoms with Gasteiger partial charge in [-0.25, -0.2) is 18.2 Å². The van der Waals surface area contributed by atoms with Crippen LogP contribution in [0.15, 0.2) is 30.6 Å². The van der Waals surface area contributed by atoms with Crippen molar-refractivity contribution in [3.8, 4) is 17.6 Å². The first kappa shape index (κ1) is 33.9. The van der Waals surface area contributed by atoms with Gasteiger partial charge in [-0.15, -0.1) is 0 Å². The lowest BCUT2D eigenvalue weighted by Gasteiger charge is -2.37. The molecule has 1 saturated heterocycles. The van der Waals surface area contributed by atoms with E-state index >= 15 is 0 Å². The van der Waals surface area contributed by atoms with Gasteiger partial charge in [0.05, 0.1) is 42.3 Å². The molecular weight excluding hydrogens is 630 g/mol. The maximum Gasteiger partial charge on any atom is 0.406 e. The van der Waals surface area contributed by atoms with Crippen molar-refractivity contribution < 1.29 is 40.7 Å². The zero-order chi connectivity index (χ0) is 34.1. The number of halogens is 6. The topological polar surface area (TPSA) is 101 Å². The predicted molar refractivity (Wildman–Crippen MR) is 162 cm³/mol. The van der Waals surface area contributed by atoms with Crippen LogP contribution in [-0.4, -0.2) is 84.7 Å². The highest BCUT2D eigenvalue weighted by atomic mass is 19.4. The number of methoxy groups -OCH3 is 1. The number of imidazole rings is 1. The average molecular weight is 665 g/mol.